The van der Waals surface area contributed by atoms with Gasteiger partial charge in [0.1, 0.15) is 6.04 Å². The molecule has 0 aromatic heterocycles. The second-order valence-electron chi connectivity index (χ2n) is 9.37. The lowest BCUT2D eigenvalue weighted by molar-refractivity contribution is -0.153. The zero-order valence-corrected chi connectivity index (χ0v) is 17.8. The maximum atomic E-state index is 13.4. The van der Waals surface area contributed by atoms with Crippen LogP contribution in [0.4, 0.5) is 0 Å². The molecule has 0 N–H and O–H groups in total. The average Bonchev–Trinajstić information content (AvgIpc) is 2.90. The van der Waals surface area contributed by atoms with Crippen LogP contribution in [0.2, 0.25) is 0 Å². The van der Waals surface area contributed by atoms with Crippen LogP contribution >= 0.6 is 0 Å². The van der Waals surface area contributed by atoms with Gasteiger partial charge in [-0.2, -0.15) is 0 Å². The van der Waals surface area contributed by atoms with E-state index < -0.39 is 6.04 Å². The summed E-state index contributed by atoms with van der Waals surface area (Å²) in [7, 11) is 0. The maximum absolute atomic E-state index is 13.4. The molecule has 0 saturated carbocycles. The van der Waals surface area contributed by atoms with Crippen molar-refractivity contribution in [3.63, 3.8) is 0 Å². The molecule has 2 saturated heterocycles. The lowest BCUT2D eigenvalue weighted by Gasteiger charge is -2.38. The van der Waals surface area contributed by atoms with Crippen molar-refractivity contribution in [3.05, 3.63) is 12.2 Å². The van der Waals surface area contributed by atoms with Gasteiger partial charge in [0.25, 0.3) is 0 Å². The van der Waals surface area contributed by atoms with Gasteiger partial charge in [0, 0.05) is 32.7 Å². The van der Waals surface area contributed by atoms with E-state index in [1.807, 2.05) is 30.9 Å². The third-order valence-electron chi connectivity index (χ3n) is 6.14. The quantitative estimate of drug-likeness (QED) is 0.516. The number of carbonyl (C=O) groups is 3. The van der Waals surface area contributed by atoms with Gasteiger partial charge in [-0.15, -0.1) is 0 Å². The summed E-state index contributed by atoms with van der Waals surface area (Å²) < 4.78 is 0. The van der Waals surface area contributed by atoms with Crippen molar-refractivity contribution < 1.29 is 14.4 Å². The standard InChI is InChI=1S/C22H35N3O3/c1-15(2)13-19(22(28)24-11-9-23(10-12-24)14-16(3)4)25-20(26)17-7-5-6-8-18(17)21(25)27/h5-6,15-19H,7-14H2,1-4H3. The Bertz CT molecular complexity index is 609. The highest BCUT2D eigenvalue weighted by Gasteiger charge is 2.51. The van der Waals surface area contributed by atoms with E-state index in [2.05, 4.69) is 18.7 Å². The Morgan fingerprint density at radius 3 is 1.93 bits per heavy atom. The molecule has 2 fully saturated rings. The number of hydrogen-bond donors (Lipinski definition) is 0. The fraction of sp³-hybridized carbons (Fsp3) is 0.773. The molecule has 0 bridgehead atoms. The minimum atomic E-state index is -0.651. The molecule has 3 amide bonds. The first-order valence-corrected chi connectivity index (χ1v) is 10.8. The smallest absolute Gasteiger partial charge is 0.245 e. The minimum absolute atomic E-state index is 0.0498. The normalized spacial score (nSPS) is 27.1. The summed E-state index contributed by atoms with van der Waals surface area (Å²) in [6.07, 6.45) is 5.74. The van der Waals surface area contributed by atoms with E-state index in [4.69, 9.17) is 0 Å². The van der Waals surface area contributed by atoms with Crippen molar-refractivity contribution in [2.24, 2.45) is 23.7 Å². The van der Waals surface area contributed by atoms with Crippen LogP contribution in [0.15, 0.2) is 12.2 Å². The van der Waals surface area contributed by atoms with Crippen molar-refractivity contribution in [3.8, 4) is 0 Å². The number of fused-ring (bicyclic) bond motifs is 1. The van der Waals surface area contributed by atoms with E-state index in [1.165, 1.54) is 4.90 Å². The lowest BCUT2D eigenvalue weighted by atomic mass is 9.85. The summed E-state index contributed by atoms with van der Waals surface area (Å²) >= 11 is 0. The predicted octanol–water partition coefficient (Wildman–Crippen LogP) is 2.15. The van der Waals surface area contributed by atoms with E-state index in [0.29, 0.717) is 38.3 Å². The van der Waals surface area contributed by atoms with Gasteiger partial charge >= 0.3 is 0 Å². The third kappa shape index (κ3) is 4.32. The van der Waals surface area contributed by atoms with E-state index in [0.717, 1.165) is 19.6 Å². The van der Waals surface area contributed by atoms with Crippen molar-refractivity contribution in [2.75, 3.05) is 32.7 Å². The van der Waals surface area contributed by atoms with Gasteiger partial charge in [-0.25, -0.2) is 0 Å². The zero-order valence-electron chi connectivity index (χ0n) is 17.8. The summed E-state index contributed by atoms with van der Waals surface area (Å²) in [5, 5.41) is 0. The fourth-order valence-corrected chi connectivity index (χ4v) is 4.77. The molecule has 156 valence electrons. The van der Waals surface area contributed by atoms with Crippen LogP contribution in [-0.4, -0.2) is 71.2 Å². The van der Waals surface area contributed by atoms with E-state index >= 15 is 0 Å². The molecular weight excluding hydrogens is 354 g/mol. The number of carbonyl (C=O) groups excluding carboxylic acids is 3. The number of hydrogen-bond acceptors (Lipinski definition) is 4. The summed E-state index contributed by atoms with van der Waals surface area (Å²) in [5.41, 5.74) is 0. The van der Waals surface area contributed by atoms with Crippen LogP contribution in [0.1, 0.15) is 47.0 Å². The van der Waals surface area contributed by atoms with Crippen molar-refractivity contribution >= 4 is 17.7 Å². The molecule has 3 unspecified atom stereocenters. The molecule has 3 rings (SSSR count). The van der Waals surface area contributed by atoms with Crippen LogP contribution in [0, 0.1) is 23.7 Å². The third-order valence-corrected chi connectivity index (χ3v) is 6.14. The van der Waals surface area contributed by atoms with E-state index in [9.17, 15) is 14.4 Å². The second-order valence-corrected chi connectivity index (χ2v) is 9.37. The average molecular weight is 390 g/mol. The summed E-state index contributed by atoms with van der Waals surface area (Å²) in [6.45, 7) is 12.6. The van der Waals surface area contributed by atoms with Gasteiger partial charge in [-0.1, -0.05) is 39.8 Å². The van der Waals surface area contributed by atoms with Gasteiger partial charge in [0.15, 0.2) is 0 Å². The molecule has 3 atom stereocenters. The van der Waals surface area contributed by atoms with Gasteiger partial charge < -0.3 is 4.90 Å². The molecule has 6 nitrogen and oxygen atoms in total. The molecule has 0 radical (unpaired) electrons. The predicted molar refractivity (Wildman–Crippen MR) is 108 cm³/mol. The molecule has 1 aliphatic carbocycles. The molecule has 28 heavy (non-hydrogen) atoms. The van der Waals surface area contributed by atoms with E-state index in [1.54, 1.807) is 0 Å². The molecule has 0 aromatic carbocycles. The van der Waals surface area contributed by atoms with Gasteiger partial charge in [-0.05, 0) is 31.1 Å². The summed E-state index contributed by atoms with van der Waals surface area (Å²) in [6, 6.07) is -0.651. The van der Waals surface area contributed by atoms with Crippen LogP contribution in [0.25, 0.3) is 0 Å². The molecule has 0 spiro atoms. The van der Waals surface area contributed by atoms with Gasteiger partial charge in [0.2, 0.25) is 17.7 Å². The topological polar surface area (TPSA) is 60.9 Å². The van der Waals surface area contributed by atoms with Gasteiger partial charge in [0.05, 0.1) is 11.8 Å². The minimum Gasteiger partial charge on any atom is -0.338 e. The number of likely N-dealkylation sites (tertiary alicyclic amines) is 1. The molecule has 2 heterocycles. The summed E-state index contributed by atoms with van der Waals surface area (Å²) in [4.78, 5) is 45.0. The van der Waals surface area contributed by atoms with E-state index in [-0.39, 0.29) is 35.5 Å². The molecule has 3 aliphatic rings. The Kier molecular flexibility index (Phi) is 6.58. The fourth-order valence-electron chi connectivity index (χ4n) is 4.77. The van der Waals surface area contributed by atoms with Crippen LogP contribution in [-0.2, 0) is 14.4 Å². The summed E-state index contributed by atoms with van der Waals surface area (Å²) in [5.74, 6) is -0.0456. The first kappa shape index (κ1) is 21.0. The highest BCUT2D eigenvalue weighted by molar-refractivity contribution is 6.08. The van der Waals surface area contributed by atoms with Crippen LogP contribution < -0.4 is 0 Å². The monoisotopic (exact) mass is 389 g/mol. The molecule has 2 aliphatic heterocycles. The number of imide groups is 1. The van der Waals surface area contributed by atoms with Crippen LogP contribution in [0.3, 0.4) is 0 Å². The lowest BCUT2D eigenvalue weighted by Crippen LogP contribution is -2.56. The van der Waals surface area contributed by atoms with Crippen molar-refractivity contribution in [1.29, 1.82) is 0 Å². The maximum Gasteiger partial charge on any atom is 0.245 e. The number of rotatable bonds is 6. The highest BCUT2D eigenvalue weighted by Crippen LogP contribution is 2.37. The SMILES string of the molecule is CC(C)CC(C(=O)N1CCN(CC(C)C)CC1)N1C(=O)C2CC=CCC2C1=O. The second kappa shape index (κ2) is 8.76. The van der Waals surface area contributed by atoms with Gasteiger partial charge in [-0.3, -0.25) is 24.2 Å². The Morgan fingerprint density at radius 1 is 0.929 bits per heavy atom. The largest absolute Gasteiger partial charge is 0.338 e. The van der Waals surface area contributed by atoms with Crippen LogP contribution in [0.5, 0.6) is 0 Å². The van der Waals surface area contributed by atoms with Crippen molar-refractivity contribution in [1.82, 2.24) is 14.7 Å². The molecule has 0 aromatic rings. The molecule has 6 heteroatoms. The Morgan fingerprint density at radius 2 is 1.46 bits per heavy atom. The Hall–Kier alpha value is -1.69. The molecular formula is C22H35N3O3. The Labute approximate surface area is 168 Å². The number of piperazine rings is 1. The Balaban J connectivity index is 1.73. The number of allylic oxidation sites excluding steroid dienone is 2. The number of amides is 3. The van der Waals surface area contributed by atoms with Crippen molar-refractivity contribution in [2.45, 2.75) is 53.0 Å². The highest BCUT2D eigenvalue weighted by atomic mass is 16.2. The zero-order chi connectivity index (χ0) is 20.4. The first-order chi connectivity index (χ1) is 13.3. The first-order valence-electron chi connectivity index (χ1n) is 10.8. The number of nitrogens with zero attached hydrogens (tertiary/aromatic N) is 3.